The predicted octanol–water partition coefficient (Wildman–Crippen LogP) is 2.37. The Labute approximate surface area is 163 Å². The number of hydrazone groups is 1. The largest absolute Gasteiger partial charge is 0.493 e. The first-order valence-corrected chi connectivity index (χ1v) is 9.13. The second kappa shape index (κ2) is 9.55. The molecule has 3 rings (SSSR count). The molecule has 2 aromatic rings. The number of amides is 2. The molecule has 0 spiro atoms. The highest BCUT2D eigenvalue weighted by Gasteiger charge is 2.24. The molecule has 2 aromatic carbocycles. The molecule has 0 aromatic heterocycles. The Morgan fingerprint density at radius 1 is 1.07 bits per heavy atom. The van der Waals surface area contributed by atoms with Crippen LogP contribution in [0.1, 0.15) is 18.4 Å². The molecule has 28 heavy (non-hydrogen) atoms. The van der Waals surface area contributed by atoms with Crippen molar-refractivity contribution in [1.82, 2.24) is 10.3 Å². The molecule has 146 valence electrons. The lowest BCUT2D eigenvalue weighted by Crippen LogP contribution is -2.40. The van der Waals surface area contributed by atoms with Gasteiger partial charge in [0.2, 0.25) is 5.91 Å². The Kier molecular flexibility index (Phi) is 6.62. The van der Waals surface area contributed by atoms with Crippen LogP contribution in [0.15, 0.2) is 59.7 Å². The van der Waals surface area contributed by atoms with E-state index >= 15 is 0 Å². The highest BCUT2D eigenvalue weighted by atomic mass is 16.5. The average Bonchev–Trinajstić information content (AvgIpc) is 2.73. The molecule has 1 N–H and O–H groups in total. The van der Waals surface area contributed by atoms with Gasteiger partial charge in [0.15, 0.2) is 11.5 Å². The second-order valence-electron chi connectivity index (χ2n) is 6.24. The number of carbonyl (C=O) groups excluding carboxylic acids is 2. The van der Waals surface area contributed by atoms with Crippen LogP contribution in [0.2, 0.25) is 0 Å². The van der Waals surface area contributed by atoms with Crippen molar-refractivity contribution in [3.8, 4) is 11.5 Å². The van der Waals surface area contributed by atoms with Gasteiger partial charge in [-0.05, 0) is 17.7 Å². The zero-order valence-electron chi connectivity index (χ0n) is 15.8. The molecule has 1 aliphatic rings. The Hall–Kier alpha value is -3.35. The third-order valence-electron chi connectivity index (χ3n) is 4.26. The minimum atomic E-state index is -0.283. The van der Waals surface area contributed by atoms with Crippen LogP contribution in [-0.2, 0) is 16.1 Å². The SMILES string of the molecule is COc1ccccc1OCCNC(=O)C1=NN(Cc2ccccc2)C(=O)CC1. The van der Waals surface area contributed by atoms with Crippen molar-refractivity contribution in [2.24, 2.45) is 5.10 Å². The third kappa shape index (κ3) is 5.09. The van der Waals surface area contributed by atoms with Crippen molar-refractivity contribution in [3.63, 3.8) is 0 Å². The number of hydrogen-bond donors (Lipinski definition) is 1. The van der Waals surface area contributed by atoms with Gasteiger partial charge in [-0.15, -0.1) is 0 Å². The number of nitrogens with zero attached hydrogens (tertiary/aromatic N) is 2. The molecular formula is C21H23N3O4. The first-order chi connectivity index (χ1) is 13.7. The van der Waals surface area contributed by atoms with Crippen LogP contribution in [0.4, 0.5) is 0 Å². The van der Waals surface area contributed by atoms with E-state index in [1.54, 1.807) is 13.2 Å². The molecule has 1 heterocycles. The van der Waals surface area contributed by atoms with Crippen molar-refractivity contribution in [1.29, 1.82) is 0 Å². The standard InChI is InChI=1S/C21H23N3O4/c1-27-18-9-5-6-10-19(18)28-14-13-22-21(26)17-11-12-20(25)24(23-17)15-16-7-3-2-4-8-16/h2-10H,11-15H2,1H3,(H,22,26). The zero-order valence-corrected chi connectivity index (χ0v) is 15.8. The molecule has 1 aliphatic heterocycles. The van der Waals surface area contributed by atoms with E-state index in [2.05, 4.69) is 10.4 Å². The summed E-state index contributed by atoms with van der Waals surface area (Å²) in [6.07, 6.45) is 0.611. The number of benzene rings is 2. The van der Waals surface area contributed by atoms with E-state index in [0.29, 0.717) is 43.3 Å². The Balaban J connectivity index is 1.51. The molecule has 0 bridgehead atoms. The quantitative estimate of drug-likeness (QED) is 0.712. The molecule has 2 amide bonds. The van der Waals surface area contributed by atoms with Gasteiger partial charge in [-0.2, -0.15) is 5.10 Å². The average molecular weight is 381 g/mol. The van der Waals surface area contributed by atoms with Gasteiger partial charge < -0.3 is 14.8 Å². The summed E-state index contributed by atoms with van der Waals surface area (Å²) < 4.78 is 10.9. The molecule has 0 fully saturated rings. The Morgan fingerprint density at radius 2 is 1.79 bits per heavy atom. The number of ether oxygens (including phenoxy) is 2. The highest BCUT2D eigenvalue weighted by Crippen LogP contribution is 2.25. The molecule has 0 saturated carbocycles. The first kappa shape index (κ1) is 19.4. The fourth-order valence-corrected chi connectivity index (χ4v) is 2.81. The molecule has 7 heteroatoms. The van der Waals surface area contributed by atoms with Gasteiger partial charge in [0, 0.05) is 12.8 Å². The summed E-state index contributed by atoms with van der Waals surface area (Å²) in [4.78, 5) is 24.5. The number of carbonyl (C=O) groups is 2. The van der Waals surface area contributed by atoms with E-state index in [4.69, 9.17) is 9.47 Å². The van der Waals surface area contributed by atoms with Crippen molar-refractivity contribution < 1.29 is 19.1 Å². The summed E-state index contributed by atoms with van der Waals surface area (Å²) in [5, 5.41) is 8.40. The van der Waals surface area contributed by atoms with E-state index in [9.17, 15) is 9.59 Å². The lowest BCUT2D eigenvalue weighted by Gasteiger charge is -2.23. The normalized spacial score (nSPS) is 13.7. The van der Waals surface area contributed by atoms with Crippen LogP contribution in [0.5, 0.6) is 11.5 Å². The molecule has 0 radical (unpaired) electrons. The maximum Gasteiger partial charge on any atom is 0.267 e. The monoisotopic (exact) mass is 381 g/mol. The van der Waals surface area contributed by atoms with E-state index in [-0.39, 0.29) is 18.2 Å². The topological polar surface area (TPSA) is 80.2 Å². The van der Waals surface area contributed by atoms with Gasteiger partial charge in [0.25, 0.3) is 5.91 Å². The molecule has 0 aliphatic carbocycles. The van der Waals surface area contributed by atoms with Gasteiger partial charge in [0.1, 0.15) is 12.3 Å². The van der Waals surface area contributed by atoms with Gasteiger partial charge in [-0.25, -0.2) is 5.01 Å². The predicted molar refractivity (Wildman–Crippen MR) is 105 cm³/mol. The highest BCUT2D eigenvalue weighted by molar-refractivity contribution is 6.39. The van der Waals surface area contributed by atoms with Crippen LogP contribution < -0.4 is 14.8 Å². The first-order valence-electron chi connectivity index (χ1n) is 9.13. The van der Waals surface area contributed by atoms with Crippen molar-refractivity contribution >= 4 is 17.5 Å². The summed E-state index contributed by atoms with van der Waals surface area (Å²) in [6, 6.07) is 16.9. The fourth-order valence-electron chi connectivity index (χ4n) is 2.81. The second-order valence-corrected chi connectivity index (χ2v) is 6.24. The number of para-hydroxylation sites is 2. The van der Waals surface area contributed by atoms with E-state index in [1.165, 1.54) is 5.01 Å². The van der Waals surface area contributed by atoms with Gasteiger partial charge in [-0.1, -0.05) is 42.5 Å². The summed E-state index contributed by atoms with van der Waals surface area (Å²) in [5.41, 5.74) is 1.32. The smallest absolute Gasteiger partial charge is 0.267 e. The van der Waals surface area contributed by atoms with Gasteiger partial charge >= 0.3 is 0 Å². The summed E-state index contributed by atoms with van der Waals surface area (Å²) in [5.74, 6) is 0.892. The van der Waals surface area contributed by atoms with Crippen LogP contribution in [-0.4, -0.2) is 42.8 Å². The number of nitrogens with one attached hydrogen (secondary N) is 1. The lowest BCUT2D eigenvalue weighted by atomic mass is 10.1. The minimum absolute atomic E-state index is 0.0834. The van der Waals surface area contributed by atoms with Crippen LogP contribution in [0.3, 0.4) is 0 Å². The Morgan fingerprint density at radius 3 is 2.54 bits per heavy atom. The number of methoxy groups -OCH3 is 1. The minimum Gasteiger partial charge on any atom is -0.493 e. The zero-order chi connectivity index (χ0) is 19.8. The molecule has 0 atom stereocenters. The number of rotatable bonds is 8. The summed E-state index contributed by atoms with van der Waals surface area (Å²) >= 11 is 0. The molecular weight excluding hydrogens is 358 g/mol. The summed E-state index contributed by atoms with van der Waals surface area (Å²) in [6.45, 7) is 0.974. The maximum atomic E-state index is 12.4. The summed E-state index contributed by atoms with van der Waals surface area (Å²) in [7, 11) is 1.58. The van der Waals surface area contributed by atoms with E-state index < -0.39 is 0 Å². The van der Waals surface area contributed by atoms with Crippen molar-refractivity contribution in [2.45, 2.75) is 19.4 Å². The Bertz CT molecular complexity index is 852. The molecule has 7 nitrogen and oxygen atoms in total. The number of hydrogen-bond acceptors (Lipinski definition) is 5. The molecule has 0 saturated heterocycles. The molecule has 0 unspecified atom stereocenters. The van der Waals surface area contributed by atoms with E-state index in [0.717, 1.165) is 5.56 Å². The third-order valence-corrected chi connectivity index (χ3v) is 4.26. The van der Waals surface area contributed by atoms with Crippen LogP contribution in [0, 0.1) is 0 Å². The van der Waals surface area contributed by atoms with Crippen molar-refractivity contribution in [2.75, 3.05) is 20.3 Å². The van der Waals surface area contributed by atoms with Gasteiger partial charge in [-0.3, -0.25) is 9.59 Å². The van der Waals surface area contributed by atoms with Gasteiger partial charge in [0.05, 0.1) is 20.2 Å². The van der Waals surface area contributed by atoms with Crippen LogP contribution in [0.25, 0.3) is 0 Å². The fraction of sp³-hybridized carbons (Fsp3) is 0.286. The maximum absolute atomic E-state index is 12.4. The van der Waals surface area contributed by atoms with Crippen LogP contribution >= 0.6 is 0 Å². The van der Waals surface area contributed by atoms with Crippen molar-refractivity contribution in [3.05, 3.63) is 60.2 Å². The lowest BCUT2D eigenvalue weighted by molar-refractivity contribution is -0.132. The van der Waals surface area contributed by atoms with E-state index in [1.807, 2.05) is 48.5 Å².